The Bertz CT molecular complexity index is 1040. The number of aromatic nitrogens is 4. The van der Waals surface area contributed by atoms with E-state index in [1.807, 2.05) is 26.0 Å². The summed E-state index contributed by atoms with van der Waals surface area (Å²) in [6.45, 7) is 5.00. The minimum Gasteiger partial charge on any atom is -0.391 e. The van der Waals surface area contributed by atoms with Crippen molar-refractivity contribution in [1.82, 2.24) is 24.6 Å². The van der Waals surface area contributed by atoms with E-state index in [1.54, 1.807) is 35.0 Å². The number of benzene rings is 1. The average Bonchev–Trinajstić information content (AvgIpc) is 3.26. The van der Waals surface area contributed by atoms with E-state index in [0.717, 1.165) is 16.8 Å². The Morgan fingerprint density at radius 1 is 1.17 bits per heavy atom. The number of hydrogen-bond donors (Lipinski definition) is 2. The molecule has 150 valence electrons. The van der Waals surface area contributed by atoms with Crippen molar-refractivity contribution in [2.24, 2.45) is 7.05 Å². The van der Waals surface area contributed by atoms with Gasteiger partial charge in [-0.2, -0.15) is 5.10 Å². The van der Waals surface area contributed by atoms with Gasteiger partial charge in [-0.1, -0.05) is 6.07 Å². The van der Waals surface area contributed by atoms with E-state index in [4.69, 9.17) is 0 Å². The molecule has 2 aromatic heterocycles. The zero-order valence-electron chi connectivity index (χ0n) is 16.8. The zero-order valence-corrected chi connectivity index (χ0v) is 16.8. The van der Waals surface area contributed by atoms with Crippen molar-refractivity contribution in [3.05, 3.63) is 53.3 Å². The summed E-state index contributed by atoms with van der Waals surface area (Å²) in [6, 6.07) is 9.67. The fourth-order valence-electron chi connectivity index (χ4n) is 3.62. The second-order valence-corrected chi connectivity index (χ2v) is 7.50. The van der Waals surface area contributed by atoms with E-state index in [1.165, 1.54) is 0 Å². The van der Waals surface area contributed by atoms with Crippen molar-refractivity contribution >= 4 is 17.5 Å². The molecule has 1 aromatic carbocycles. The molecule has 2 N–H and O–H groups in total. The molecule has 8 nitrogen and oxygen atoms in total. The first-order chi connectivity index (χ1) is 13.9. The summed E-state index contributed by atoms with van der Waals surface area (Å²) in [5.74, 6) is 0.333. The summed E-state index contributed by atoms with van der Waals surface area (Å²) in [7, 11) is 1.74. The van der Waals surface area contributed by atoms with Crippen molar-refractivity contribution in [1.29, 1.82) is 0 Å². The minimum atomic E-state index is -0.451. The molecule has 0 unspecified atom stereocenters. The van der Waals surface area contributed by atoms with Crippen molar-refractivity contribution in [2.75, 3.05) is 18.4 Å². The summed E-state index contributed by atoms with van der Waals surface area (Å²) in [6.07, 6.45) is 1.82. The van der Waals surface area contributed by atoms with Gasteiger partial charge in [-0.3, -0.25) is 9.48 Å². The number of hydrogen-bond acceptors (Lipinski definition) is 6. The predicted octanol–water partition coefficient (Wildman–Crippen LogP) is 2.44. The zero-order chi connectivity index (χ0) is 20.5. The largest absolute Gasteiger partial charge is 0.391 e. The molecule has 29 heavy (non-hydrogen) atoms. The Kier molecular flexibility index (Phi) is 5.02. The molecular formula is C21H24N6O2. The van der Waals surface area contributed by atoms with Crippen LogP contribution in [0.15, 0.2) is 36.5 Å². The second-order valence-electron chi connectivity index (χ2n) is 7.50. The van der Waals surface area contributed by atoms with E-state index in [2.05, 4.69) is 26.4 Å². The first-order valence-corrected chi connectivity index (χ1v) is 9.59. The van der Waals surface area contributed by atoms with E-state index >= 15 is 0 Å². The molecule has 1 atom stereocenters. The van der Waals surface area contributed by atoms with E-state index in [-0.39, 0.29) is 5.91 Å². The molecule has 1 aliphatic heterocycles. The standard InChI is InChI=1S/C21H24N6O2/c1-13-8-14(2)10-15(9-13)23-21-22-6-4-17(24-21)18-11-19(26(3)25-18)20(29)27-7-5-16(28)12-27/h4,6,8-11,16,28H,5,7,12H2,1-3H3,(H,22,23,24)/t16-/m0/s1. The SMILES string of the molecule is Cc1cc(C)cc(Nc2nccc(-c3cc(C(=O)N4CC[C@H](O)C4)n(C)n3)n2)c1. The Balaban J connectivity index is 1.58. The molecule has 1 aliphatic rings. The highest BCUT2D eigenvalue weighted by Gasteiger charge is 2.27. The predicted molar refractivity (Wildman–Crippen MR) is 110 cm³/mol. The lowest BCUT2D eigenvalue weighted by atomic mass is 10.1. The number of anilines is 2. The summed E-state index contributed by atoms with van der Waals surface area (Å²) in [5, 5.41) is 17.4. The Morgan fingerprint density at radius 2 is 1.93 bits per heavy atom. The first kappa shape index (κ1) is 19.1. The van der Waals surface area contributed by atoms with Gasteiger partial charge in [0.1, 0.15) is 11.4 Å². The highest BCUT2D eigenvalue weighted by Crippen LogP contribution is 2.22. The van der Waals surface area contributed by atoms with E-state index < -0.39 is 6.10 Å². The molecule has 1 fully saturated rings. The number of likely N-dealkylation sites (tertiary alicyclic amines) is 1. The van der Waals surface area contributed by atoms with Gasteiger partial charge in [0.05, 0.1) is 11.8 Å². The molecule has 0 spiro atoms. The molecule has 1 amide bonds. The van der Waals surface area contributed by atoms with Crippen LogP contribution in [0.3, 0.4) is 0 Å². The molecule has 8 heteroatoms. The quantitative estimate of drug-likeness (QED) is 0.708. The number of carbonyl (C=O) groups is 1. The van der Waals surface area contributed by atoms with E-state index in [0.29, 0.717) is 42.5 Å². The van der Waals surface area contributed by atoms with Crippen molar-refractivity contribution in [2.45, 2.75) is 26.4 Å². The van der Waals surface area contributed by atoms with Crippen LogP contribution in [-0.2, 0) is 7.05 Å². The lowest BCUT2D eigenvalue weighted by molar-refractivity contribution is 0.0754. The Morgan fingerprint density at radius 3 is 2.62 bits per heavy atom. The Labute approximate surface area is 169 Å². The highest BCUT2D eigenvalue weighted by atomic mass is 16.3. The number of carbonyl (C=O) groups excluding carboxylic acids is 1. The number of aryl methyl sites for hydroxylation is 3. The summed E-state index contributed by atoms with van der Waals surface area (Å²) in [5.41, 5.74) is 4.93. The van der Waals surface area contributed by atoms with Crippen molar-refractivity contribution in [3.8, 4) is 11.4 Å². The number of β-amino-alcohol motifs (C(OH)–C–C–N with tert-alkyl or cyclic N) is 1. The smallest absolute Gasteiger partial charge is 0.272 e. The molecule has 3 aromatic rings. The van der Waals surface area contributed by atoms with Crippen LogP contribution >= 0.6 is 0 Å². The monoisotopic (exact) mass is 392 g/mol. The van der Waals surface area contributed by atoms with Crippen LogP contribution < -0.4 is 5.32 Å². The van der Waals surface area contributed by atoms with Crippen LogP contribution in [0.25, 0.3) is 11.4 Å². The minimum absolute atomic E-state index is 0.134. The third kappa shape index (κ3) is 4.12. The number of nitrogens with one attached hydrogen (secondary N) is 1. The maximum atomic E-state index is 12.7. The van der Waals surface area contributed by atoms with Crippen LogP contribution in [0, 0.1) is 13.8 Å². The van der Waals surface area contributed by atoms with Crippen LogP contribution in [0.2, 0.25) is 0 Å². The van der Waals surface area contributed by atoms with E-state index in [9.17, 15) is 9.90 Å². The number of nitrogens with zero attached hydrogens (tertiary/aromatic N) is 5. The molecule has 0 bridgehead atoms. The number of amides is 1. The molecule has 4 rings (SSSR count). The summed E-state index contributed by atoms with van der Waals surface area (Å²) >= 11 is 0. The van der Waals surface area contributed by atoms with Gasteiger partial charge >= 0.3 is 0 Å². The number of aliphatic hydroxyl groups excluding tert-OH is 1. The molecule has 0 aliphatic carbocycles. The van der Waals surface area contributed by atoms with Gasteiger partial charge in [0, 0.05) is 32.0 Å². The number of rotatable bonds is 4. The van der Waals surface area contributed by atoms with Crippen LogP contribution in [0.4, 0.5) is 11.6 Å². The van der Waals surface area contributed by atoms with Gasteiger partial charge in [0.25, 0.3) is 5.91 Å². The summed E-state index contributed by atoms with van der Waals surface area (Å²) in [4.78, 5) is 23.2. The molecular weight excluding hydrogens is 368 g/mol. The van der Waals surface area contributed by atoms with Gasteiger partial charge in [0.2, 0.25) is 5.95 Å². The van der Waals surface area contributed by atoms with Crippen LogP contribution in [-0.4, -0.2) is 54.9 Å². The molecule has 3 heterocycles. The lowest BCUT2D eigenvalue weighted by Crippen LogP contribution is -2.31. The van der Waals surface area contributed by atoms with Gasteiger partial charge < -0.3 is 15.3 Å². The van der Waals surface area contributed by atoms with Crippen molar-refractivity contribution in [3.63, 3.8) is 0 Å². The Hall–Kier alpha value is -3.26. The van der Waals surface area contributed by atoms with Gasteiger partial charge in [-0.05, 0) is 55.7 Å². The van der Waals surface area contributed by atoms with Gasteiger partial charge in [-0.25, -0.2) is 9.97 Å². The normalized spacial score (nSPS) is 16.3. The topological polar surface area (TPSA) is 96.2 Å². The highest BCUT2D eigenvalue weighted by molar-refractivity contribution is 5.93. The van der Waals surface area contributed by atoms with Gasteiger partial charge in [0.15, 0.2) is 0 Å². The molecule has 1 saturated heterocycles. The van der Waals surface area contributed by atoms with Crippen molar-refractivity contribution < 1.29 is 9.90 Å². The van der Waals surface area contributed by atoms with Gasteiger partial charge in [-0.15, -0.1) is 0 Å². The average molecular weight is 392 g/mol. The third-order valence-electron chi connectivity index (χ3n) is 4.95. The van der Waals surface area contributed by atoms with Crippen LogP contribution in [0.1, 0.15) is 28.0 Å². The fourth-order valence-corrected chi connectivity index (χ4v) is 3.62. The maximum Gasteiger partial charge on any atom is 0.272 e. The number of aliphatic hydroxyl groups is 1. The summed E-state index contributed by atoms with van der Waals surface area (Å²) < 4.78 is 1.56. The second kappa shape index (κ2) is 7.63. The molecule has 0 saturated carbocycles. The fraction of sp³-hybridized carbons (Fsp3) is 0.333. The third-order valence-corrected chi connectivity index (χ3v) is 4.95. The maximum absolute atomic E-state index is 12.7. The first-order valence-electron chi connectivity index (χ1n) is 9.59. The lowest BCUT2D eigenvalue weighted by Gasteiger charge is -2.14. The van der Waals surface area contributed by atoms with Crippen LogP contribution in [0.5, 0.6) is 0 Å². The molecule has 0 radical (unpaired) electrons.